The number of hydrogen-bond acceptors (Lipinski definition) is 6. The topological polar surface area (TPSA) is 87.2 Å². The zero-order chi connectivity index (χ0) is 16.4. The van der Waals surface area contributed by atoms with Gasteiger partial charge in [0.15, 0.2) is 0 Å². The highest BCUT2D eigenvalue weighted by Crippen LogP contribution is 2.21. The van der Waals surface area contributed by atoms with Crippen molar-refractivity contribution in [2.24, 2.45) is 0 Å². The summed E-state index contributed by atoms with van der Waals surface area (Å²) in [5.41, 5.74) is 0.672. The zero-order valence-corrected chi connectivity index (χ0v) is 13.4. The van der Waals surface area contributed by atoms with E-state index in [1.165, 1.54) is 17.0 Å². The molecule has 23 heavy (non-hydrogen) atoms. The molecule has 0 radical (unpaired) electrons. The molecule has 0 spiro atoms. The molecule has 0 aliphatic heterocycles. The summed E-state index contributed by atoms with van der Waals surface area (Å²) in [6.07, 6.45) is 4.52. The monoisotopic (exact) mass is 333 g/mol. The molecule has 0 atom stereocenters. The SMILES string of the molecule is COc1ccc(-n2ccnc2S(=O)(=O)Cc2ncc(C)o2)cc1. The Morgan fingerprint density at radius 3 is 2.57 bits per heavy atom. The summed E-state index contributed by atoms with van der Waals surface area (Å²) in [6.45, 7) is 1.71. The van der Waals surface area contributed by atoms with Gasteiger partial charge in [-0.2, -0.15) is 0 Å². The highest BCUT2D eigenvalue weighted by Gasteiger charge is 2.24. The Hall–Kier alpha value is -2.61. The number of nitrogens with zero attached hydrogens (tertiary/aromatic N) is 3. The van der Waals surface area contributed by atoms with Gasteiger partial charge in [0, 0.05) is 18.1 Å². The summed E-state index contributed by atoms with van der Waals surface area (Å²) in [6, 6.07) is 7.02. The van der Waals surface area contributed by atoms with Crippen LogP contribution in [0.2, 0.25) is 0 Å². The predicted octanol–water partition coefficient (Wildman–Crippen LogP) is 2.15. The van der Waals surface area contributed by atoms with E-state index in [9.17, 15) is 8.42 Å². The van der Waals surface area contributed by atoms with Crippen LogP contribution in [0.15, 0.2) is 52.4 Å². The first-order valence-corrected chi connectivity index (χ1v) is 8.46. The van der Waals surface area contributed by atoms with Crippen molar-refractivity contribution in [2.75, 3.05) is 7.11 Å². The summed E-state index contributed by atoms with van der Waals surface area (Å²) in [5, 5.41) is -0.0569. The van der Waals surface area contributed by atoms with Crippen molar-refractivity contribution < 1.29 is 17.6 Å². The minimum atomic E-state index is -3.69. The highest BCUT2D eigenvalue weighted by molar-refractivity contribution is 7.90. The van der Waals surface area contributed by atoms with Crippen molar-refractivity contribution in [1.29, 1.82) is 0 Å². The lowest BCUT2D eigenvalue weighted by Crippen LogP contribution is -2.12. The molecule has 0 fully saturated rings. The van der Waals surface area contributed by atoms with Gasteiger partial charge in [-0.25, -0.2) is 18.4 Å². The third-order valence-electron chi connectivity index (χ3n) is 3.22. The van der Waals surface area contributed by atoms with Crippen LogP contribution in [-0.4, -0.2) is 30.1 Å². The summed E-state index contributed by atoms with van der Waals surface area (Å²) >= 11 is 0. The van der Waals surface area contributed by atoms with Gasteiger partial charge in [-0.3, -0.25) is 4.57 Å². The number of ether oxygens (including phenoxy) is 1. The molecule has 2 aromatic heterocycles. The first-order chi connectivity index (χ1) is 11.0. The summed E-state index contributed by atoms with van der Waals surface area (Å²) < 4.78 is 37.0. The van der Waals surface area contributed by atoms with Gasteiger partial charge in [-0.1, -0.05) is 0 Å². The lowest BCUT2D eigenvalue weighted by atomic mass is 10.3. The van der Waals surface area contributed by atoms with E-state index < -0.39 is 9.84 Å². The van der Waals surface area contributed by atoms with E-state index in [2.05, 4.69) is 9.97 Å². The average Bonchev–Trinajstić information content (AvgIpc) is 3.16. The second-order valence-corrected chi connectivity index (χ2v) is 6.78. The average molecular weight is 333 g/mol. The van der Waals surface area contributed by atoms with Crippen LogP contribution in [0, 0.1) is 6.92 Å². The van der Waals surface area contributed by atoms with E-state index in [4.69, 9.17) is 9.15 Å². The molecule has 3 rings (SSSR count). The van der Waals surface area contributed by atoms with Crippen molar-refractivity contribution in [3.05, 3.63) is 54.5 Å². The van der Waals surface area contributed by atoms with Crippen LogP contribution in [0.25, 0.3) is 5.69 Å². The molecule has 1 aromatic carbocycles. The smallest absolute Gasteiger partial charge is 0.232 e. The lowest BCUT2D eigenvalue weighted by Gasteiger charge is -2.08. The van der Waals surface area contributed by atoms with Crippen LogP contribution >= 0.6 is 0 Å². The molecule has 0 N–H and O–H groups in total. The number of methoxy groups -OCH3 is 1. The minimum absolute atomic E-state index is 0.0569. The van der Waals surface area contributed by atoms with Crippen molar-refractivity contribution in [1.82, 2.24) is 14.5 Å². The molecule has 0 aliphatic carbocycles. The molecular formula is C15H15N3O4S. The van der Waals surface area contributed by atoms with Gasteiger partial charge < -0.3 is 9.15 Å². The second-order valence-electron chi connectivity index (χ2n) is 4.90. The van der Waals surface area contributed by atoms with Crippen LogP contribution in [0.3, 0.4) is 0 Å². The Balaban J connectivity index is 1.95. The van der Waals surface area contributed by atoms with Crippen molar-refractivity contribution >= 4 is 9.84 Å². The summed E-state index contributed by atoms with van der Waals surface area (Å²) in [5.74, 6) is 1.06. The number of imidazole rings is 1. The highest BCUT2D eigenvalue weighted by atomic mass is 32.2. The maximum absolute atomic E-state index is 12.6. The third kappa shape index (κ3) is 3.11. The summed E-state index contributed by atoms with van der Waals surface area (Å²) in [4.78, 5) is 7.92. The Morgan fingerprint density at radius 2 is 1.96 bits per heavy atom. The van der Waals surface area contributed by atoms with Crippen molar-refractivity contribution in [3.8, 4) is 11.4 Å². The van der Waals surface area contributed by atoms with Gasteiger partial charge in [-0.05, 0) is 31.2 Å². The fourth-order valence-corrected chi connectivity index (χ4v) is 3.43. The maximum Gasteiger partial charge on any atom is 0.232 e. The molecule has 0 saturated heterocycles. The second kappa shape index (κ2) is 5.88. The van der Waals surface area contributed by atoms with Crippen LogP contribution in [-0.2, 0) is 15.6 Å². The van der Waals surface area contributed by atoms with Crippen molar-refractivity contribution in [3.63, 3.8) is 0 Å². The van der Waals surface area contributed by atoms with Crippen LogP contribution in [0.5, 0.6) is 5.75 Å². The maximum atomic E-state index is 12.6. The molecule has 0 amide bonds. The van der Waals surface area contributed by atoms with Gasteiger partial charge in [0.25, 0.3) is 0 Å². The van der Waals surface area contributed by atoms with Gasteiger partial charge in [0.2, 0.25) is 20.9 Å². The lowest BCUT2D eigenvalue weighted by molar-refractivity contribution is 0.414. The molecule has 8 heteroatoms. The van der Waals surface area contributed by atoms with Crippen LogP contribution in [0.4, 0.5) is 0 Å². The van der Waals surface area contributed by atoms with Gasteiger partial charge >= 0.3 is 0 Å². The normalized spacial score (nSPS) is 11.6. The quantitative estimate of drug-likeness (QED) is 0.711. The van der Waals surface area contributed by atoms with Crippen molar-refractivity contribution in [2.45, 2.75) is 17.8 Å². The van der Waals surface area contributed by atoms with E-state index >= 15 is 0 Å². The molecule has 120 valence electrons. The van der Waals surface area contributed by atoms with Crippen LogP contribution < -0.4 is 4.74 Å². The Morgan fingerprint density at radius 1 is 1.22 bits per heavy atom. The number of oxazole rings is 1. The molecule has 0 bridgehead atoms. The first kappa shape index (κ1) is 15.3. The molecular weight excluding hydrogens is 318 g/mol. The largest absolute Gasteiger partial charge is 0.497 e. The number of benzene rings is 1. The van der Waals surface area contributed by atoms with Gasteiger partial charge in [0.05, 0.1) is 13.3 Å². The molecule has 0 aliphatic rings. The number of sulfone groups is 1. The number of aromatic nitrogens is 3. The molecule has 7 nitrogen and oxygen atoms in total. The minimum Gasteiger partial charge on any atom is -0.497 e. The third-order valence-corrected chi connectivity index (χ3v) is 4.70. The van der Waals surface area contributed by atoms with E-state index in [1.54, 1.807) is 44.5 Å². The van der Waals surface area contributed by atoms with E-state index in [1.807, 2.05) is 0 Å². The zero-order valence-electron chi connectivity index (χ0n) is 12.6. The number of hydrogen-bond donors (Lipinski definition) is 0. The number of aryl methyl sites for hydroxylation is 1. The Bertz CT molecular complexity index is 910. The molecule has 0 saturated carbocycles. The first-order valence-electron chi connectivity index (χ1n) is 6.81. The standard InChI is InChI=1S/C15H15N3O4S/c1-11-9-17-14(22-11)10-23(19,20)15-16-7-8-18(15)12-3-5-13(21-2)6-4-12/h3-9H,10H2,1-2H3. The van der Waals surface area contributed by atoms with Gasteiger partial charge in [-0.15, -0.1) is 0 Å². The predicted molar refractivity (Wildman–Crippen MR) is 82.2 cm³/mol. The fourth-order valence-electron chi connectivity index (χ4n) is 2.15. The van der Waals surface area contributed by atoms with E-state index in [0.717, 1.165) is 0 Å². The van der Waals surface area contributed by atoms with E-state index in [0.29, 0.717) is 17.2 Å². The fraction of sp³-hybridized carbons (Fsp3) is 0.200. The number of rotatable bonds is 5. The van der Waals surface area contributed by atoms with Crippen LogP contribution in [0.1, 0.15) is 11.7 Å². The Labute approximate surface area is 133 Å². The van der Waals surface area contributed by atoms with Gasteiger partial charge in [0.1, 0.15) is 17.3 Å². The molecule has 2 heterocycles. The molecule has 3 aromatic rings. The van der Waals surface area contributed by atoms with E-state index in [-0.39, 0.29) is 16.8 Å². The Kier molecular flexibility index (Phi) is 3.91. The summed E-state index contributed by atoms with van der Waals surface area (Å²) in [7, 11) is -2.12. The molecule has 0 unspecified atom stereocenters.